The highest BCUT2D eigenvalue weighted by atomic mass is 19.1. The van der Waals surface area contributed by atoms with Gasteiger partial charge in [-0.2, -0.15) is 0 Å². The summed E-state index contributed by atoms with van der Waals surface area (Å²) in [6, 6.07) is 14.9. The number of aliphatic hydroxyl groups is 1. The molecule has 0 aromatic heterocycles. The zero-order valence-electron chi connectivity index (χ0n) is 13.3. The summed E-state index contributed by atoms with van der Waals surface area (Å²) < 4.78 is 18.7. The van der Waals surface area contributed by atoms with Crippen molar-refractivity contribution >= 4 is 5.91 Å². The Bertz CT molecular complexity index is 667. The average molecular weight is 329 g/mol. The maximum absolute atomic E-state index is 12.9. The number of benzene rings is 2. The van der Waals surface area contributed by atoms with Gasteiger partial charge in [0.15, 0.2) is 6.10 Å². The van der Waals surface area contributed by atoms with Crippen LogP contribution in [-0.4, -0.2) is 35.1 Å². The fraction of sp³-hybridized carbons (Fsp3) is 0.316. The molecule has 0 bridgehead atoms. The molecular formula is C19H20FNO3. The monoisotopic (exact) mass is 329 g/mol. The number of nitrogens with zero attached hydrogens (tertiary/aromatic N) is 1. The highest BCUT2D eigenvalue weighted by molar-refractivity contribution is 5.82. The lowest BCUT2D eigenvalue weighted by Gasteiger charge is -2.33. The van der Waals surface area contributed by atoms with Crippen LogP contribution in [0.2, 0.25) is 0 Å². The quantitative estimate of drug-likeness (QED) is 0.938. The molecule has 1 heterocycles. The summed E-state index contributed by atoms with van der Waals surface area (Å²) in [5.41, 5.74) is 0.604. The van der Waals surface area contributed by atoms with Crippen LogP contribution in [-0.2, 0) is 4.79 Å². The molecule has 1 N–H and O–H groups in total. The van der Waals surface area contributed by atoms with Crippen LogP contribution in [0.15, 0.2) is 54.6 Å². The number of likely N-dealkylation sites (tertiary alicyclic amines) is 1. The Morgan fingerprint density at radius 3 is 2.33 bits per heavy atom. The molecule has 5 heteroatoms. The molecule has 1 saturated heterocycles. The van der Waals surface area contributed by atoms with Crippen LogP contribution in [0.25, 0.3) is 0 Å². The van der Waals surface area contributed by atoms with Gasteiger partial charge in [-0.25, -0.2) is 4.39 Å². The number of carbonyl (C=O) groups excluding carboxylic acids is 1. The third-order valence-corrected chi connectivity index (χ3v) is 4.22. The summed E-state index contributed by atoms with van der Waals surface area (Å²) in [5.74, 6) is 0.0598. The van der Waals surface area contributed by atoms with Crippen LogP contribution in [0.4, 0.5) is 4.39 Å². The van der Waals surface area contributed by atoms with E-state index in [0.717, 1.165) is 0 Å². The van der Waals surface area contributed by atoms with Gasteiger partial charge in [-0.15, -0.1) is 0 Å². The van der Waals surface area contributed by atoms with Gasteiger partial charge < -0.3 is 14.7 Å². The van der Waals surface area contributed by atoms with Gasteiger partial charge in [0.25, 0.3) is 5.91 Å². The standard InChI is InChI=1S/C19H20FNO3/c20-15-6-8-16(9-7-15)24-17-10-12-21(13-11-17)19(23)18(22)14-4-2-1-3-5-14/h1-9,17-18,22H,10-13H2. The maximum atomic E-state index is 12.9. The molecule has 0 radical (unpaired) electrons. The number of carbonyl (C=O) groups is 1. The van der Waals surface area contributed by atoms with Crippen molar-refractivity contribution in [3.05, 3.63) is 66.0 Å². The molecule has 1 unspecified atom stereocenters. The van der Waals surface area contributed by atoms with Crippen LogP contribution < -0.4 is 4.74 Å². The number of ether oxygens (including phenoxy) is 1. The third-order valence-electron chi connectivity index (χ3n) is 4.22. The smallest absolute Gasteiger partial charge is 0.256 e. The van der Waals surface area contributed by atoms with E-state index in [1.165, 1.54) is 12.1 Å². The van der Waals surface area contributed by atoms with Gasteiger partial charge in [0.2, 0.25) is 0 Å². The van der Waals surface area contributed by atoms with Gasteiger partial charge in [0.05, 0.1) is 0 Å². The van der Waals surface area contributed by atoms with E-state index < -0.39 is 6.10 Å². The molecule has 1 fully saturated rings. The lowest BCUT2D eigenvalue weighted by molar-refractivity contribution is -0.142. The van der Waals surface area contributed by atoms with Crippen molar-refractivity contribution in [3.63, 3.8) is 0 Å². The Balaban J connectivity index is 1.53. The largest absolute Gasteiger partial charge is 0.490 e. The van der Waals surface area contributed by atoms with E-state index >= 15 is 0 Å². The molecule has 2 aromatic rings. The van der Waals surface area contributed by atoms with Crippen molar-refractivity contribution in [2.45, 2.75) is 25.0 Å². The summed E-state index contributed by atoms with van der Waals surface area (Å²) >= 11 is 0. The molecule has 2 aromatic carbocycles. The minimum absolute atomic E-state index is 0.00613. The zero-order chi connectivity index (χ0) is 16.9. The summed E-state index contributed by atoms with van der Waals surface area (Å²) in [7, 11) is 0. The number of hydrogen-bond donors (Lipinski definition) is 1. The van der Waals surface area contributed by atoms with E-state index in [1.54, 1.807) is 41.3 Å². The van der Waals surface area contributed by atoms with Crippen molar-refractivity contribution in [3.8, 4) is 5.75 Å². The number of piperidine rings is 1. The van der Waals surface area contributed by atoms with Gasteiger partial charge >= 0.3 is 0 Å². The van der Waals surface area contributed by atoms with E-state index in [1.807, 2.05) is 6.07 Å². The summed E-state index contributed by atoms with van der Waals surface area (Å²) in [5, 5.41) is 10.2. The van der Waals surface area contributed by atoms with Crippen LogP contribution in [0.1, 0.15) is 24.5 Å². The van der Waals surface area contributed by atoms with Crippen LogP contribution in [0, 0.1) is 5.82 Å². The Morgan fingerprint density at radius 1 is 1.08 bits per heavy atom. The first-order valence-corrected chi connectivity index (χ1v) is 8.07. The SMILES string of the molecule is O=C(C(O)c1ccccc1)N1CCC(Oc2ccc(F)cc2)CC1. The van der Waals surface area contributed by atoms with Gasteiger partial charge in [-0.05, 0) is 29.8 Å². The van der Waals surface area contributed by atoms with Gasteiger partial charge in [-0.1, -0.05) is 30.3 Å². The normalized spacial score (nSPS) is 16.7. The Labute approximate surface area is 140 Å². The second kappa shape index (κ2) is 7.45. The first-order chi connectivity index (χ1) is 11.6. The minimum Gasteiger partial charge on any atom is -0.490 e. The lowest BCUT2D eigenvalue weighted by Crippen LogP contribution is -2.43. The predicted octanol–water partition coefficient (Wildman–Crippen LogP) is 2.93. The highest BCUT2D eigenvalue weighted by Gasteiger charge is 2.28. The van der Waals surface area contributed by atoms with Crippen molar-refractivity contribution in [2.24, 2.45) is 0 Å². The number of rotatable bonds is 4. The van der Waals surface area contributed by atoms with Gasteiger partial charge in [-0.3, -0.25) is 4.79 Å². The van der Waals surface area contributed by atoms with Crippen molar-refractivity contribution in [1.82, 2.24) is 4.90 Å². The molecule has 0 spiro atoms. The molecule has 1 atom stereocenters. The number of hydrogen-bond acceptors (Lipinski definition) is 3. The van der Waals surface area contributed by atoms with E-state index in [9.17, 15) is 14.3 Å². The zero-order valence-corrected chi connectivity index (χ0v) is 13.3. The second-order valence-electron chi connectivity index (χ2n) is 5.91. The molecule has 1 amide bonds. The molecule has 126 valence electrons. The second-order valence-corrected chi connectivity index (χ2v) is 5.91. The Kier molecular flexibility index (Phi) is 5.11. The molecule has 0 saturated carbocycles. The number of halogens is 1. The number of amides is 1. The van der Waals surface area contributed by atoms with Crippen LogP contribution in [0.5, 0.6) is 5.75 Å². The van der Waals surface area contributed by atoms with E-state index in [-0.39, 0.29) is 17.8 Å². The predicted molar refractivity (Wildman–Crippen MR) is 88.0 cm³/mol. The Hall–Kier alpha value is -2.40. The Morgan fingerprint density at radius 2 is 1.71 bits per heavy atom. The van der Waals surface area contributed by atoms with E-state index in [0.29, 0.717) is 37.2 Å². The third kappa shape index (κ3) is 3.92. The molecule has 3 rings (SSSR count). The summed E-state index contributed by atoms with van der Waals surface area (Å²) in [6.07, 6.45) is 0.240. The van der Waals surface area contributed by atoms with E-state index in [4.69, 9.17) is 4.74 Å². The lowest BCUT2D eigenvalue weighted by atomic mass is 10.0. The first kappa shape index (κ1) is 16.5. The number of aliphatic hydroxyl groups excluding tert-OH is 1. The summed E-state index contributed by atoms with van der Waals surface area (Å²) in [6.45, 7) is 1.07. The average Bonchev–Trinajstić information content (AvgIpc) is 2.64. The van der Waals surface area contributed by atoms with Crippen molar-refractivity contribution in [2.75, 3.05) is 13.1 Å². The topological polar surface area (TPSA) is 49.8 Å². The molecular weight excluding hydrogens is 309 g/mol. The van der Waals surface area contributed by atoms with Crippen molar-refractivity contribution < 1.29 is 19.0 Å². The first-order valence-electron chi connectivity index (χ1n) is 8.07. The van der Waals surface area contributed by atoms with Crippen LogP contribution >= 0.6 is 0 Å². The van der Waals surface area contributed by atoms with Gasteiger partial charge in [0, 0.05) is 25.9 Å². The molecule has 24 heavy (non-hydrogen) atoms. The fourth-order valence-electron chi connectivity index (χ4n) is 2.85. The summed E-state index contributed by atoms with van der Waals surface area (Å²) in [4.78, 5) is 14.1. The fourth-order valence-corrected chi connectivity index (χ4v) is 2.85. The van der Waals surface area contributed by atoms with Gasteiger partial charge in [0.1, 0.15) is 17.7 Å². The maximum Gasteiger partial charge on any atom is 0.256 e. The minimum atomic E-state index is -1.12. The van der Waals surface area contributed by atoms with E-state index in [2.05, 4.69) is 0 Å². The molecule has 1 aliphatic heterocycles. The molecule has 4 nitrogen and oxygen atoms in total. The molecule has 1 aliphatic rings. The van der Waals surface area contributed by atoms with Crippen molar-refractivity contribution in [1.29, 1.82) is 0 Å². The van der Waals surface area contributed by atoms with Crippen LogP contribution in [0.3, 0.4) is 0 Å². The molecule has 0 aliphatic carbocycles. The highest BCUT2D eigenvalue weighted by Crippen LogP contribution is 2.22.